The molecule has 1 heterocycles. The van der Waals surface area contributed by atoms with Crippen molar-refractivity contribution in [1.29, 1.82) is 0 Å². The van der Waals surface area contributed by atoms with Gasteiger partial charge in [0.05, 0.1) is 25.0 Å². The number of alkyl halides is 3. The third-order valence-electron chi connectivity index (χ3n) is 2.81. The van der Waals surface area contributed by atoms with Gasteiger partial charge >= 0.3 is 6.18 Å². The van der Waals surface area contributed by atoms with Gasteiger partial charge in [-0.2, -0.15) is 13.2 Å². The largest absolute Gasteiger partial charge is 0.482 e. The molecule has 0 saturated heterocycles. The minimum absolute atomic E-state index is 0.0776. The molecular weight excluding hydrogens is 332 g/mol. The van der Waals surface area contributed by atoms with Crippen LogP contribution in [0.2, 0.25) is 0 Å². The Morgan fingerprint density at radius 3 is 2.71 bits per heavy atom. The number of nitrogens with one attached hydrogen (secondary N) is 2. The standard InChI is InChI=1S/C15H14F4N2O3/c16-10-3-4-12(13(6-10)24-9-15(17,18)19)20-8-14(22)21-7-11-2-1-5-23-11/h1-6,20H,7-9H2,(H,21,22). The van der Waals surface area contributed by atoms with Crippen LogP contribution in [0.3, 0.4) is 0 Å². The van der Waals surface area contributed by atoms with Crippen LogP contribution in [-0.4, -0.2) is 25.2 Å². The molecule has 2 N–H and O–H groups in total. The zero-order valence-electron chi connectivity index (χ0n) is 12.3. The molecule has 0 aliphatic rings. The first-order chi connectivity index (χ1) is 11.3. The fraction of sp³-hybridized carbons (Fsp3) is 0.267. The van der Waals surface area contributed by atoms with Crippen LogP contribution in [0.5, 0.6) is 5.75 Å². The summed E-state index contributed by atoms with van der Waals surface area (Å²) < 4.78 is 59.4. The lowest BCUT2D eigenvalue weighted by molar-refractivity contribution is -0.153. The summed E-state index contributed by atoms with van der Waals surface area (Å²) in [4.78, 5) is 11.7. The molecule has 0 radical (unpaired) electrons. The van der Waals surface area contributed by atoms with E-state index in [1.807, 2.05) is 0 Å². The van der Waals surface area contributed by atoms with Gasteiger partial charge < -0.3 is 19.8 Å². The Morgan fingerprint density at radius 2 is 2.04 bits per heavy atom. The Kier molecular flexibility index (Phi) is 5.67. The second kappa shape index (κ2) is 7.71. The Morgan fingerprint density at radius 1 is 1.25 bits per heavy atom. The second-order valence-corrected chi connectivity index (χ2v) is 4.75. The molecule has 24 heavy (non-hydrogen) atoms. The molecule has 1 amide bonds. The first kappa shape index (κ1) is 17.6. The molecule has 9 heteroatoms. The maximum absolute atomic E-state index is 13.2. The summed E-state index contributed by atoms with van der Waals surface area (Å²) >= 11 is 0. The van der Waals surface area contributed by atoms with Gasteiger partial charge in [0.15, 0.2) is 6.61 Å². The predicted octanol–water partition coefficient (Wildman–Crippen LogP) is 3.09. The van der Waals surface area contributed by atoms with Gasteiger partial charge in [0.2, 0.25) is 5.91 Å². The number of carbonyl (C=O) groups excluding carboxylic acids is 1. The summed E-state index contributed by atoms with van der Waals surface area (Å²) in [6, 6.07) is 6.40. The van der Waals surface area contributed by atoms with E-state index in [1.165, 1.54) is 12.3 Å². The van der Waals surface area contributed by atoms with Crippen LogP contribution in [0.1, 0.15) is 5.76 Å². The molecule has 0 spiro atoms. The van der Waals surface area contributed by atoms with Gasteiger partial charge in [-0.25, -0.2) is 4.39 Å². The van der Waals surface area contributed by atoms with Gasteiger partial charge in [0.1, 0.15) is 17.3 Å². The van der Waals surface area contributed by atoms with Gasteiger partial charge in [0, 0.05) is 6.07 Å². The second-order valence-electron chi connectivity index (χ2n) is 4.75. The van der Waals surface area contributed by atoms with Crippen molar-refractivity contribution >= 4 is 11.6 Å². The molecule has 0 bridgehead atoms. The van der Waals surface area contributed by atoms with E-state index in [2.05, 4.69) is 15.4 Å². The van der Waals surface area contributed by atoms with E-state index in [9.17, 15) is 22.4 Å². The lowest BCUT2D eigenvalue weighted by atomic mass is 10.2. The zero-order valence-corrected chi connectivity index (χ0v) is 12.3. The Labute approximate surface area is 134 Å². The lowest BCUT2D eigenvalue weighted by Crippen LogP contribution is -2.29. The number of halogens is 4. The third-order valence-corrected chi connectivity index (χ3v) is 2.81. The number of ether oxygens (including phenoxy) is 1. The van der Waals surface area contributed by atoms with Crippen LogP contribution in [0.15, 0.2) is 41.0 Å². The summed E-state index contributed by atoms with van der Waals surface area (Å²) in [5.74, 6) is -0.942. The van der Waals surface area contributed by atoms with Crippen LogP contribution in [-0.2, 0) is 11.3 Å². The first-order valence-corrected chi connectivity index (χ1v) is 6.85. The highest BCUT2D eigenvalue weighted by Crippen LogP contribution is 2.27. The Hall–Kier alpha value is -2.71. The summed E-state index contributed by atoms with van der Waals surface area (Å²) in [6.45, 7) is -1.61. The number of anilines is 1. The van der Waals surface area contributed by atoms with E-state index in [-0.39, 0.29) is 24.5 Å². The molecule has 5 nitrogen and oxygen atoms in total. The molecule has 0 saturated carbocycles. The van der Waals surface area contributed by atoms with Crippen molar-refractivity contribution in [2.24, 2.45) is 0 Å². The Bertz CT molecular complexity index is 672. The van der Waals surface area contributed by atoms with Crippen molar-refractivity contribution in [2.45, 2.75) is 12.7 Å². The quantitative estimate of drug-likeness (QED) is 0.757. The molecule has 2 rings (SSSR count). The molecule has 0 atom stereocenters. The molecule has 1 aromatic heterocycles. The van der Waals surface area contributed by atoms with Crippen molar-refractivity contribution in [1.82, 2.24) is 5.32 Å². The van der Waals surface area contributed by atoms with E-state index in [1.54, 1.807) is 12.1 Å². The number of amides is 1. The van der Waals surface area contributed by atoms with Crippen LogP contribution < -0.4 is 15.4 Å². The summed E-state index contributed by atoms with van der Waals surface area (Å²) in [5.41, 5.74) is 0.0776. The number of hydrogen-bond acceptors (Lipinski definition) is 4. The fourth-order valence-electron chi connectivity index (χ4n) is 1.76. The van der Waals surface area contributed by atoms with Gasteiger partial charge in [-0.15, -0.1) is 0 Å². The molecule has 0 fully saturated rings. The van der Waals surface area contributed by atoms with E-state index in [0.717, 1.165) is 12.1 Å². The smallest absolute Gasteiger partial charge is 0.422 e. The van der Waals surface area contributed by atoms with E-state index in [0.29, 0.717) is 5.76 Å². The summed E-state index contributed by atoms with van der Waals surface area (Å²) in [5, 5.41) is 5.16. The highest BCUT2D eigenvalue weighted by atomic mass is 19.4. The zero-order chi connectivity index (χ0) is 17.6. The average molecular weight is 346 g/mol. The predicted molar refractivity (Wildman–Crippen MR) is 77.0 cm³/mol. The van der Waals surface area contributed by atoms with Crippen molar-refractivity contribution in [3.63, 3.8) is 0 Å². The van der Waals surface area contributed by atoms with Crippen LogP contribution in [0.25, 0.3) is 0 Å². The van der Waals surface area contributed by atoms with Crippen LogP contribution in [0, 0.1) is 5.82 Å². The van der Waals surface area contributed by atoms with Crippen LogP contribution >= 0.6 is 0 Å². The molecular formula is C15H14F4N2O3. The monoisotopic (exact) mass is 346 g/mol. The van der Waals surface area contributed by atoms with Crippen molar-refractivity contribution < 1.29 is 31.5 Å². The average Bonchev–Trinajstić information content (AvgIpc) is 3.02. The minimum atomic E-state index is -4.55. The molecule has 130 valence electrons. The summed E-state index contributed by atoms with van der Waals surface area (Å²) in [6.07, 6.45) is -3.09. The number of hydrogen-bond donors (Lipinski definition) is 2. The third kappa shape index (κ3) is 5.82. The minimum Gasteiger partial charge on any atom is -0.482 e. The molecule has 0 unspecified atom stereocenters. The van der Waals surface area contributed by atoms with Gasteiger partial charge in [0.25, 0.3) is 0 Å². The maximum Gasteiger partial charge on any atom is 0.422 e. The SMILES string of the molecule is O=C(CNc1ccc(F)cc1OCC(F)(F)F)NCc1ccco1. The fourth-order valence-corrected chi connectivity index (χ4v) is 1.76. The Balaban J connectivity index is 1.89. The summed E-state index contributed by atoms with van der Waals surface area (Å²) in [7, 11) is 0. The number of benzene rings is 1. The molecule has 2 aromatic rings. The van der Waals surface area contributed by atoms with Crippen LogP contribution in [0.4, 0.5) is 23.2 Å². The van der Waals surface area contributed by atoms with Crippen molar-refractivity contribution in [3.05, 3.63) is 48.2 Å². The van der Waals surface area contributed by atoms with Gasteiger partial charge in [-0.1, -0.05) is 0 Å². The highest BCUT2D eigenvalue weighted by molar-refractivity contribution is 5.81. The number of furan rings is 1. The molecule has 0 aliphatic heterocycles. The number of carbonyl (C=O) groups is 1. The molecule has 0 aliphatic carbocycles. The maximum atomic E-state index is 13.2. The van der Waals surface area contributed by atoms with Gasteiger partial charge in [-0.05, 0) is 24.3 Å². The van der Waals surface area contributed by atoms with E-state index >= 15 is 0 Å². The van der Waals surface area contributed by atoms with E-state index < -0.39 is 24.5 Å². The first-order valence-electron chi connectivity index (χ1n) is 6.85. The lowest BCUT2D eigenvalue weighted by Gasteiger charge is -2.14. The topological polar surface area (TPSA) is 63.5 Å². The highest BCUT2D eigenvalue weighted by Gasteiger charge is 2.29. The van der Waals surface area contributed by atoms with Crippen molar-refractivity contribution in [3.8, 4) is 5.75 Å². The normalized spacial score (nSPS) is 11.2. The molecule has 1 aromatic carbocycles. The van der Waals surface area contributed by atoms with Gasteiger partial charge in [-0.3, -0.25) is 4.79 Å². The number of rotatable bonds is 7. The van der Waals surface area contributed by atoms with Crippen molar-refractivity contribution in [2.75, 3.05) is 18.5 Å². The van der Waals surface area contributed by atoms with E-state index in [4.69, 9.17) is 4.42 Å².